The summed E-state index contributed by atoms with van der Waals surface area (Å²) in [5.74, 6) is 0. The number of methoxy groups -OCH3 is 1. The van der Waals surface area contributed by atoms with Crippen molar-refractivity contribution in [3.8, 4) is 0 Å². The van der Waals surface area contributed by atoms with E-state index < -0.39 is 0 Å². The summed E-state index contributed by atoms with van der Waals surface area (Å²) in [4.78, 5) is 1.32. The summed E-state index contributed by atoms with van der Waals surface area (Å²) in [6, 6.07) is 4.34. The first-order valence-electron chi connectivity index (χ1n) is 5.29. The number of ether oxygens (including phenoxy) is 2. The number of hydrogen-bond donors (Lipinski definition) is 1. The molecular formula is C11H18BrNO2S. The van der Waals surface area contributed by atoms with Gasteiger partial charge in [-0.05, 0) is 40.9 Å². The summed E-state index contributed by atoms with van der Waals surface area (Å²) in [5, 5.41) is 0. The van der Waals surface area contributed by atoms with Crippen LogP contribution in [0.25, 0.3) is 0 Å². The summed E-state index contributed by atoms with van der Waals surface area (Å²) in [6.45, 7) is 2.00. The molecular weight excluding hydrogens is 290 g/mol. The molecule has 16 heavy (non-hydrogen) atoms. The molecule has 0 amide bonds. The Bertz CT molecular complexity index is 293. The van der Waals surface area contributed by atoms with Gasteiger partial charge in [-0.2, -0.15) is 0 Å². The largest absolute Gasteiger partial charge is 0.382 e. The molecule has 0 aromatic carbocycles. The number of nitrogens with two attached hydrogens (primary N) is 1. The maximum Gasteiger partial charge on any atom is 0.0701 e. The first kappa shape index (κ1) is 14.1. The van der Waals surface area contributed by atoms with Crippen LogP contribution in [-0.2, 0) is 15.9 Å². The predicted octanol–water partition coefficient (Wildman–Crippen LogP) is 2.43. The Morgan fingerprint density at radius 2 is 2.19 bits per heavy atom. The monoisotopic (exact) mass is 307 g/mol. The standard InChI is InChI=1S/C11H18BrNO2S/c1-14-6-7-15-5-4-9(13)8-10-2-3-11(12)16-10/h2-3,9H,4-8,13H2,1H3. The highest BCUT2D eigenvalue weighted by atomic mass is 79.9. The minimum absolute atomic E-state index is 0.174. The van der Waals surface area contributed by atoms with Crippen molar-refractivity contribution in [3.63, 3.8) is 0 Å². The number of rotatable bonds is 8. The first-order valence-corrected chi connectivity index (χ1v) is 6.90. The molecule has 0 aliphatic heterocycles. The molecule has 0 aliphatic rings. The minimum Gasteiger partial charge on any atom is -0.382 e. The molecule has 1 rings (SSSR count). The molecule has 3 nitrogen and oxygen atoms in total. The molecule has 1 unspecified atom stereocenters. The molecule has 0 bridgehead atoms. The lowest BCUT2D eigenvalue weighted by atomic mass is 10.1. The number of hydrogen-bond acceptors (Lipinski definition) is 4. The Balaban J connectivity index is 2.09. The van der Waals surface area contributed by atoms with E-state index in [1.54, 1.807) is 18.4 Å². The highest BCUT2D eigenvalue weighted by Gasteiger charge is 2.06. The fourth-order valence-corrected chi connectivity index (χ4v) is 2.88. The first-order chi connectivity index (χ1) is 7.72. The topological polar surface area (TPSA) is 44.5 Å². The molecule has 1 atom stereocenters. The van der Waals surface area contributed by atoms with Crippen LogP contribution in [0.2, 0.25) is 0 Å². The smallest absolute Gasteiger partial charge is 0.0701 e. The van der Waals surface area contributed by atoms with E-state index >= 15 is 0 Å². The molecule has 0 radical (unpaired) electrons. The van der Waals surface area contributed by atoms with Gasteiger partial charge in [-0.3, -0.25) is 0 Å². The third-order valence-corrected chi connectivity index (χ3v) is 3.80. The van der Waals surface area contributed by atoms with E-state index in [0.29, 0.717) is 19.8 Å². The summed E-state index contributed by atoms with van der Waals surface area (Å²) in [6.07, 6.45) is 1.81. The Hall–Kier alpha value is 0.0600. The molecule has 0 fully saturated rings. The molecule has 5 heteroatoms. The summed E-state index contributed by atoms with van der Waals surface area (Å²) in [5.41, 5.74) is 6.01. The van der Waals surface area contributed by atoms with Crippen molar-refractivity contribution < 1.29 is 9.47 Å². The highest BCUT2D eigenvalue weighted by molar-refractivity contribution is 9.11. The Kier molecular flexibility index (Phi) is 7.23. The van der Waals surface area contributed by atoms with Gasteiger partial charge < -0.3 is 15.2 Å². The van der Waals surface area contributed by atoms with Gasteiger partial charge in [0.2, 0.25) is 0 Å². The summed E-state index contributed by atoms with van der Waals surface area (Å²) >= 11 is 5.18. The summed E-state index contributed by atoms with van der Waals surface area (Å²) in [7, 11) is 1.67. The zero-order valence-corrected chi connectivity index (χ0v) is 11.9. The van der Waals surface area contributed by atoms with Crippen LogP contribution < -0.4 is 5.73 Å². The Morgan fingerprint density at radius 1 is 1.38 bits per heavy atom. The van der Waals surface area contributed by atoms with Gasteiger partial charge in [-0.1, -0.05) is 0 Å². The van der Waals surface area contributed by atoms with E-state index in [2.05, 4.69) is 28.1 Å². The van der Waals surface area contributed by atoms with Crippen LogP contribution in [0.15, 0.2) is 15.9 Å². The van der Waals surface area contributed by atoms with E-state index in [-0.39, 0.29) is 6.04 Å². The second-order valence-corrected chi connectivity index (χ2v) is 6.11. The number of thiophene rings is 1. The molecule has 0 saturated heterocycles. The van der Waals surface area contributed by atoms with Crippen LogP contribution >= 0.6 is 27.3 Å². The fourth-order valence-electron chi connectivity index (χ4n) is 1.30. The van der Waals surface area contributed by atoms with Crippen molar-refractivity contribution in [2.45, 2.75) is 18.9 Å². The van der Waals surface area contributed by atoms with Crippen molar-refractivity contribution in [1.29, 1.82) is 0 Å². The Morgan fingerprint density at radius 3 is 2.81 bits per heavy atom. The molecule has 0 spiro atoms. The minimum atomic E-state index is 0.174. The zero-order chi connectivity index (χ0) is 11.8. The maximum atomic E-state index is 6.01. The Labute approximate surface area is 109 Å². The van der Waals surface area contributed by atoms with Gasteiger partial charge in [-0.25, -0.2) is 0 Å². The average Bonchev–Trinajstić information content (AvgIpc) is 2.63. The maximum absolute atomic E-state index is 6.01. The highest BCUT2D eigenvalue weighted by Crippen LogP contribution is 2.23. The predicted molar refractivity (Wildman–Crippen MR) is 71.0 cm³/mol. The van der Waals surface area contributed by atoms with Crippen LogP contribution in [0.5, 0.6) is 0 Å². The lowest BCUT2D eigenvalue weighted by molar-refractivity contribution is 0.0672. The van der Waals surface area contributed by atoms with Crippen LogP contribution in [0, 0.1) is 0 Å². The molecule has 1 aromatic rings. The zero-order valence-electron chi connectivity index (χ0n) is 9.45. The average molecular weight is 308 g/mol. The van der Waals surface area contributed by atoms with Crippen molar-refractivity contribution in [1.82, 2.24) is 0 Å². The van der Waals surface area contributed by atoms with Gasteiger partial charge in [0.25, 0.3) is 0 Å². The summed E-state index contributed by atoms with van der Waals surface area (Å²) < 4.78 is 11.4. The van der Waals surface area contributed by atoms with Gasteiger partial charge in [-0.15, -0.1) is 11.3 Å². The fraction of sp³-hybridized carbons (Fsp3) is 0.636. The van der Waals surface area contributed by atoms with Gasteiger partial charge >= 0.3 is 0 Å². The van der Waals surface area contributed by atoms with E-state index in [0.717, 1.165) is 16.6 Å². The van der Waals surface area contributed by atoms with Crippen molar-refractivity contribution in [2.75, 3.05) is 26.9 Å². The molecule has 1 heterocycles. The molecule has 92 valence electrons. The van der Waals surface area contributed by atoms with Crippen LogP contribution in [0.4, 0.5) is 0 Å². The van der Waals surface area contributed by atoms with Crippen LogP contribution in [0.3, 0.4) is 0 Å². The normalized spacial score (nSPS) is 12.9. The van der Waals surface area contributed by atoms with Crippen molar-refractivity contribution in [2.24, 2.45) is 5.73 Å². The lowest BCUT2D eigenvalue weighted by Crippen LogP contribution is -2.24. The lowest BCUT2D eigenvalue weighted by Gasteiger charge is -2.10. The third kappa shape index (κ3) is 5.96. The van der Waals surface area contributed by atoms with E-state index in [4.69, 9.17) is 15.2 Å². The van der Waals surface area contributed by atoms with Gasteiger partial charge in [0.1, 0.15) is 0 Å². The van der Waals surface area contributed by atoms with E-state index in [9.17, 15) is 0 Å². The second kappa shape index (κ2) is 8.20. The van der Waals surface area contributed by atoms with Gasteiger partial charge in [0, 0.05) is 24.6 Å². The van der Waals surface area contributed by atoms with Crippen LogP contribution in [-0.4, -0.2) is 33.0 Å². The van der Waals surface area contributed by atoms with Crippen molar-refractivity contribution in [3.05, 3.63) is 20.8 Å². The van der Waals surface area contributed by atoms with Crippen LogP contribution in [0.1, 0.15) is 11.3 Å². The quantitative estimate of drug-likeness (QED) is 0.750. The van der Waals surface area contributed by atoms with E-state index in [1.807, 2.05) is 0 Å². The second-order valence-electron chi connectivity index (χ2n) is 3.56. The van der Waals surface area contributed by atoms with Crippen molar-refractivity contribution >= 4 is 27.3 Å². The van der Waals surface area contributed by atoms with Gasteiger partial charge in [0.05, 0.1) is 17.0 Å². The number of halogens is 1. The molecule has 0 saturated carbocycles. The SMILES string of the molecule is COCCOCCC(N)Cc1ccc(Br)s1. The van der Waals surface area contributed by atoms with Gasteiger partial charge in [0.15, 0.2) is 0 Å². The molecule has 2 N–H and O–H groups in total. The molecule has 1 aromatic heterocycles. The van der Waals surface area contributed by atoms with E-state index in [1.165, 1.54) is 4.88 Å². The third-order valence-electron chi connectivity index (χ3n) is 2.16. The molecule has 0 aliphatic carbocycles.